The lowest BCUT2D eigenvalue weighted by Gasteiger charge is -2.17. The van der Waals surface area contributed by atoms with Gasteiger partial charge in [-0.2, -0.15) is 0 Å². The van der Waals surface area contributed by atoms with E-state index in [9.17, 15) is 4.79 Å². The predicted octanol–water partition coefficient (Wildman–Crippen LogP) is 1.42. The van der Waals surface area contributed by atoms with E-state index in [-0.39, 0.29) is 5.91 Å². The van der Waals surface area contributed by atoms with Gasteiger partial charge in [0.2, 0.25) is 0 Å². The Morgan fingerprint density at radius 1 is 1.53 bits per heavy atom. The Hall–Kier alpha value is -1.75. The first-order valence-corrected chi connectivity index (χ1v) is 6.50. The second-order valence-electron chi connectivity index (χ2n) is 5.12. The largest absolute Gasteiger partial charge is 0.399 e. The van der Waals surface area contributed by atoms with E-state index in [2.05, 4.69) is 5.32 Å². The number of nitrogens with two attached hydrogens (primary N) is 1. The summed E-state index contributed by atoms with van der Waals surface area (Å²) in [5, 5.41) is 3.32. The van der Waals surface area contributed by atoms with Crippen molar-refractivity contribution >= 4 is 17.3 Å². The van der Waals surface area contributed by atoms with Crippen LogP contribution in [0.15, 0.2) is 18.2 Å². The van der Waals surface area contributed by atoms with E-state index in [1.165, 1.54) is 0 Å². The van der Waals surface area contributed by atoms with Crippen LogP contribution < -0.4 is 11.1 Å². The molecule has 5 nitrogen and oxygen atoms in total. The van der Waals surface area contributed by atoms with E-state index in [1.807, 2.05) is 6.07 Å². The minimum atomic E-state index is -0.0230. The fourth-order valence-corrected chi connectivity index (χ4v) is 2.13. The SMILES string of the molecule is CN(C)C(=O)c1ccc(N)cc1NCC1CCOC1. The van der Waals surface area contributed by atoms with Crippen molar-refractivity contribution < 1.29 is 9.53 Å². The minimum absolute atomic E-state index is 0.0230. The number of hydrogen-bond donors (Lipinski definition) is 2. The van der Waals surface area contributed by atoms with Crippen LogP contribution in [0.5, 0.6) is 0 Å². The number of hydrogen-bond acceptors (Lipinski definition) is 4. The van der Waals surface area contributed by atoms with Crippen LogP contribution in [0.25, 0.3) is 0 Å². The first-order chi connectivity index (χ1) is 9.08. The maximum absolute atomic E-state index is 12.1. The molecule has 1 atom stereocenters. The average molecular weight is 263 g/mol. The van der Waals surface area contributed by atoms with Crippen molar-refractivity contribution in [3.8, 4) is 0 Å². The maximum Gasteiger partial charge on any atom is 0.255 e. The van der Waals surface area contributed by atoms with Gasteiger partial charge in [-0.1, -0.05) is 0 Å². The van der Waals surface area contributed by atoms with Crippen molar-refractivity contribution in [3.63, 3.8) is 0 Å². The van der Waals surface area contributed by atoms with Gasteiger partial charge in [-0.15, -0.1) is 0 Å². The number of amides is 1. The third-order valence-corrected chi connectivity index (χ3v) is 3.29. The van der Waals surface area contributed by atoms with E-state index < -0.39 is 0 Å². The molecule has 3 N–H and O–H groups in total. The Bertz CT molecular complexity index is 454. The highest BCUT2D eigenvalue weighted by Gasteiger charge is 2.18. The molecule has 5 heteroatoms. The topological polar surface area (TPSA) is 67.6 Å². The van der Waals surface area contributed by atoms with Gasteiger partial charge in [-0.25, -0.2) is 0 Å². The lowest BCUT2D eigenvalue weighted by molar-refractivity contribution is 0.0828. The zero-order chi connectivity index (χ0) is 13.8. The van der Waals surface area contributed by atoms with E-state index in [0.29, 0.717) is 17.2 Å². The summed E-state index contributed by atoms with van der Waals surface area (Å²) >= 11 is 0. The first kappa shape index (κ1) is 13.7. The average Bonchev–Trinajstić information content (AvgIpc) is 2.88. The molecule has 1 aromatic rings. The summed E-state index contributed by atoms with van der Waals surface area (Å²) in [7, 11) is 3.49. The van der Waals surface area contributed by atoms with Crippen LogP contribution in [0, 0.1) is 5.92 Å². The van der Waals surface area contributed by atoms with Crippen molar-refractivity contribution in [2.45, 2.75) is 6.42 Å². The van der Waals surface area contributed by atoms with Gasteiger partial charge < -0.3 is 20.7 Å². The monoisotopic (exact) mass is 263 g/mol. The minimum Gasteiger partial charge on any atom is -0.399 e. The van der Waals surface area contributed by atoms with Gasteiger partial charge in [0, 0.05) is 44.5 Å². The maximum atomic E-state index is 12.1. The first-order valence-electron chi connectivity index (χ1n) is 6.50. The zero-order valence-corrected chi connectivity index (χ0v) is 11.5. The summed E-state index contributed by atoms with van der Waals surface area (Å²) in [6.45, 7) is 2.41. The smallest absolute Gasteiger partial charge is 0.255 e. The number of benzene rings is 1. The Morgan fingerprint density at radius 2 is 2.32 bits per heavy atom. The van der Waals surface area contributed by atoms with Crippen molar-refractivity contribution in [1.29, 1.82) is 0 Å². The molecule has 0 radical (unpaired) electrons. The molecule has 1 unspecified atom stereocenters. The van der Waals surface area contributed by atoms with Crippen molar-refractivity contribution in [2.75, 3.05) is 44.9 Å². The molecule has 1 heterocycles. The van der Waals surface area contributed by atoms with Crippen LogP contribution in [0.4, 0.5) is 11.4 Å². The number of nitrogens with zero attached hydrogens (tertiary/aromatic N) is 1. The molecule has 1 fully saturated rings. The molecule has 0 saturated carbocycles. The second-order valence-corrected chi connectivity index (χ2v) is 5.12. The normalized spacial score (nSPS) is 18.3. The fourth-order valence-electron chi connectivity index (χ4n) is 2.13. The zero-order valence-electron chi connectivity index (χ0n) is 11.5. The van der Waals surface area contributed by atoms with Crippen LogP contribution >= 0.6 is 0 Å². The van der Waals surface area contributed by atoms with Gasteiger partial charge in [0.05, 0.1) is 12.2 Å². The summed E-state index contributed by atoms with van der Waals surface area (Å²) in [5.41, 5.74) is 7.90. The molecule has 0 bridgehead atoms. The molecule has 1 aliphatic rings. The molecule has 0 spiro atoms. The van der Waals surface area contributed by atoms with Crippen molar-refractivity contribution in [3.05, 3.63) is 23.8 Å². The summed E-state index contributed by atoms with van der Waals surface area (Å²) in [6, 6.07) is 5.33. The summed E-state index contributed by atoms with van der Waals surface area (Å²) < 4.78 is 5.35. The Kier molecular flexibility index (Phi) is 4.27. The molecule has 1 saturated heterocycles. The Labute approximate surface area is 113 Å². The molecule has 1 aromatic carbocycles. The molecule has 1 aliphatic heterocycles. The molecule has 104 valence electrons. The van der Waals surface area contributed by atoms with Crippen LogP contribution in [0.3, 0.4) is 0 Å². The predicted molar refractivity (Wildman–Crippen MR) is 76.3 cm³/mol. The fraction of sp³-hybridized carbons (Fsp3) is 0.500. The second kappa shape index (κ2) is 5.93. The van der Waals surface area contributed by atoms with Crippen LogP contribution in [0.1, 0.15) is 16.8 Å². The van der Waals surface area contributed by atoms with Crippen molar-refractivity contribution in [1.82, 2.24) is 4.90 Å². The van der Waals surface area contributed by atoms with Gasteiger partial charge in [-0.05, 0) is 24.6 Å². The van der Waals surface area contributed by atoms with Gasteiger partial charge >= 0.3 is 0 Å². The third-order valence-electron chi connectivity index (χ3n) is 3.29. The Balaban J connectivity index is 2.12. The molecule has 1 amide bonds. The molecular formula is C14H21N3O2. The standard InChI is InChI=1S/C14H21N3O2/c1-17(2)14(18)12-4-3-11(15)7-13(12)16-8-10-5-6-19-9-10/h3-4,7,10,16H,5-6,8-9,15H2,1-2H3. The third kappa shape index (κ3) is 3.38. The number of rotatable bonds is 4. The number of nitrogens with one attached hydrogen (secondary N) is 1. The van der Waals surface area contributed by atoms with Crippen LogP contribution in [-0.4, -0.2) is 44.7 Å². The van der Waals surface area contributed by atoms with Crippen LogP contribution in [0.2, 0.25) is 0 Å². The lowest BCUT2D eigenvalue weighted by atomic mass is 10.1. The lowest BCUT2D eigenvalue weighted by Crippen LogP contribution is -2.24. The molecule has 0 aliphatic carbocycles. The number of carbonyl (C=O) groups excluding carboxylic acids is 1. The molecule has 19 heavy (non-hydrogen) atoms. The Morgan fingerprint density at radius 3 is 2.95 bits per heavy atom. The molecule has 2 rings (SSSR count). The number of ether oxygens (including phenoxy) is 1. The molecule has 0 aromatic heterocycles. The summed E-state index contributed by atoms with van der Waals surface area (Å²) in [6.07, 6.45) is 1.06. The van der Waals surface area contributed by atoms with Gasteiger partial charge in [0.15, 0.2) is 0 Å². The molecular weight excluding hydrogens is 242 g/mol. The van der Waals surface area contributed by atoms with Gasteiger partial charge in [0.1, 0.15) is 0 Å². The van der Waals surface area contributed by atoms with Crippen LogP contribution in [-0.2, 0) is 4.74 Å². The van der Waals surface area contributed by atoms with E-state index in [4.69, 9.17) is 10.5 Å². The number of anilines is 2. The number of nitrogen functional groups attached to an aromatic ring is 1. The van der Waals surface area contributed by atoms with Crippen molar-refractivity contribution in [2.24, 2.45) is 5.92 Å². The van der Waals surface area contributed by atoms with E-state index in [0.717, 1.165) is 31.9 Å². The summed E-state index contributed by atoms with van der Waals surface area (Å²) in [4.78, 5) is 13.7. The van der Waals surface area contributed by atoms with Gasteiger partial charge in [-0.3, -0.25) is 4.79 Å². The highest BCUT2D eigenvalue weighted by Crippen LogP contribution is 2.22. The van der Waals surface area contributed by atoms with E-state index >= 15 is 0 Å². The quantitative estimate of drug-likeness (QED) is 0.806. The van der Waals surface area contributed by atoms with E-state index in [1.54, 1.807) is 31.1 Å². The number of carbonyl (C=O) groups is 1. The highest BCUT2D eigenvalue weighted by molar-refractivity contribution is 5.99. The summed E-state index contributed by atoms with van der Waals surface area (Å²) in [5.74, 6) is 0.480. The van der Waals surface area contributed by atoms with Gasteiger partial charge in [0.25, 0.3) is 5.91 Å². The highest BCUT2D eigenvalue weighted by atomic mass is 16.5.